The summed E-state index contributed by atoms with van der Waals surface area (Å²) in [5, 5.41) is 8.01. The molecule has 0 atom stereocenters. The highest BCUT2D eigenvalue weighted by Gasteiger charge is 2.31. The van der Waals surface area contributed by atoms with Crippen LogP contribution >= 0.6 is 0 Å². The van der Waals surface area contributed by atoms with Crippen LogP contribution in [0.5, 0.6) is 0 Å². The van der Waals surface area contributed by atoms with Gasteiger partial charge in [0.2, 0.25) is 0 Å². The average molecular weight is 177 g/mol. The summed E-state index contributed by atoms with van der Waals surface area (Å²) >= 11 is 0. The first-order chi connectivity index (χ1) is 6.36. The molecule has 3 rings (SSSR count). The second-order valence-corrected chi connectivity index (χ2v) is 4.14. The van der Waals surface area contributed by atoms with Crippen LogP contribution in [0.15, 0.2) is 0 Å². The maximum atomic E-state index is 4.59. The minimum Gasteiger partial charge on any atom is -0.312 e. The molecule has 0 radical (unpaired) electrons. The summed E-state index contributed by atoms with van der Waals surface area (Å²) in [6.07, 6.45) is 3.84. The first-order valence-corrected chi connectivity index (χ1v) is 5.11. The normalized spacial score (nSPS) is 21.6. The Morgan fingerprint density at radius 3 is 3.08 bits per heavy atom. The van der Waals surface area contributed by atoms with Gasteiger partial charge in [0.15, 0.2) is 0 Å². The van der Waals surface area contributed by atoms with Crippen molar-refractivity contribution in [3.63, 3.8) is 0 Å². The maximum absolute atomic E-state index is 4.59. The molecule has 3 nitrogen and oxygen atoms in total. The molecule has 1 N–H and O–H groups in total. The zero-order valence-corrected chi connectivity index (χ0v) is 8.01. The van der Waals surface area contributed by atoms with Crippen LogP contribution in [0.1, 0.15) is 35.7 Å². The molecule has 1 saturated carbocycles. The summed E-state index contributed by atoms with van der Waals surface area (Å²) in [5.74, 6) is 0.821. The number of fused-ring (bicyclic) bond motifs is 1. The van der Waals surface area contributed by atoms with Crippen molar-refractivity contribution in [1.29, 1.82) is 0 Å². The third-order valence-electron chi connectivity index (χ3n) is 3.08. The predicted molar refractivity (Wildman–Crippen MR) is 50.6 cm³/mol. The van der Waals surface area contributed by atoms with E-state index in [0.29, 0.717) is 0 Å². The zero-order valence-electron chi connectivity index (χ0n) is 8.01. The van der Waals surface area contributed by atoms with Gasteiger partial charge in [-0.3, -0.25) is 4.68 Å². The van der Waals surface area contributed by atoms with Gasteiger partial charge in [-0.25, -0.2) is 0 Å². The highest BCUT2D eigenvalue weighted by atomic mass is 15.3. The fourth-order valence-corrected chi connectivity index (χ4v) is 2.32. The van der Waals surface area contributed by atoms with Gasteiger partial charge in [0.25, 0.3) is 0 Å². The van der Waals surface area contributed by atoms with Crippen molar-refractivity contribution >= 4 is 0 Å². The van der Waals surface area contributed by atoms with E-state index in [4.69, 9.17) is 0 Å². The molecule has 2 aliphatic rings. The van der Waals surface area contributed by atoms with Crippen LogP contribution in [0.4, 0.5) is 0 Å². The number of rotatable bonds is 1. The van der Waals surface area contributed by atoms with E-state index in [1.165, 1.54) is 29.8 Å². The Hall–Kier alpha value is -0.830. The van der Waals surface area contributed by atoms with Crippen LogP contribution in [0, 0.1) is 0 Å². The van der Waals surface area contributed by atoms with Crippen molar-refractivity contribution in [2.75, 3.05) is 6.54 Å². The summed E-state index contributed by atoms with van der Waals surface area (Å²) in [5.41, 5.74) is 4.33. The molecule has 2 heterocycles. The molecule has 1 aromatic heterocycles. The van der Waals surface area contributed by atoms with Gasteiger partial charge in [0.05, 0.1) is 5.69 Å². The highest BCUT2D eigenvalue weighted by molar-refractivity contribution is 5.33. The van der Waals surface area contributed by atoms with E-state index < -0.39 is 0 Å². The molecule has 1 aliphatic heterocycles. The Labute approximate surface area is 78.1 Å². The van der Waals surface area contributed by atoms with Gasteiger partial charge in [-0.15, -0.1) is 0 Å². The van der Waals surface area contributed by atoms with E-state index in [1.807, 2.05) is 0 Å². The molecular formula is C10H15N3. The second-order valence-electron chi connectivity index (χ2n) is 4.14. The summed E-state index contributed by atoms with van der Waals surface area (Å²) < 4.78 is 2.11. The molecule has 0 aromatic carbocycles. The lowest BCUT2D eigenvalue weighted by Crippen LogP contribution is -2.23. The molecule has 1 fully saturated rings. The quantitative estimate of drug-likeness (QED) is 0.692. The van der Waals surface area contributed by atoms with Gasteiger partial charge in [0.1, 0.15) is 0 Å². The highest BCUT2D eigenvalue weighted by Crippen LogP contribution is 2.42. The predicted octanol–water partition coefficient (Wildman–Crippen LogP) is 0.943. The Bertz CT molecular complexity index is 336. The van der Waals surface area contributed by atoms with Gasteiger partial charge in [-0.1, -0.05) is 0 Å². The monoisotopic (exact) mass is 177 g/mol. The number of hydrogen-bond donors (Lipinski definition) is 1. The molecule has 0 saturated heterocycles. The molecule has 70 valence electrons. The van der Waals surface area contributed by atoms with Crippen LogP contribution in [0.2, 0.25) is 0 Å². The smallest absolute Gasteiger partial charge is 0.0685 e. The number of hydrogen-bond acceptors (Lipinski definition) is 2. The SMILES string of the molecule is Cn1nc2c(c1C1CC1)CNCC2. The van der Waals surface area contributed by atoms with Crippen molar-refractivity contribution in [2.24, 2.45) is 7.05 Å². The summed E-state index contributed by atoms with van der Waals surface area (Å²) in [7, 11) is 2.09. The lowest BCUT2D eigenvalue weighted by atomic mass is 10.0. The molecule has 0 amide bonds. The molecule has 0 spiro atoms. The van der Waals surface area contributed by atoms with Crippen molar-refractivity contribution in [1.82, 2.24) is 15.1 Å². The van der Waals surface area contributed by atoms with E-state index in [-0.39, 0.29) is 0 Å². The van der Waals surface area contributed by atoms with Crippen LogP contribution in [0.25, 0.3) is 0 Å². The van der Waals surface area contributed by atoms with E-state index in [9.17, 15) is 0 Å². The van der Waals surface area contributed by atoms with Crippen molar-refractivity contribution in [3.05, 3.63) is 17.0 Å². The Balaban J connectivity index is 2.10. The first-order valence-electron chi connectivity index (χ1n) is 5.11. The lowest BCUT2D eigenvalue weighted by Gasteiger charge is -2.12. The number of aryl methyl sites for hydroxylation is 1. The standard InChI is InChI=1S/C10H15N3/c1-13-10(7-2-3-7)8-6-11-5-4-9(8)12-13/h7,11H,2-6H2,1H3. The molecule has 13 heavy (non-hydrogen) atoms. The van der Waals surface area contributed by atoms with Gasteiger partial charge in [-0.2, -0.15) is 5.10 Å². The molecule has 0 bridgehead atoms. The van der Waals surface area contributed by atoms with Gasteiger partial charge >= 0.3 is 0 Å². The largest absolute Gasteiger partial charge is 0.312 e. The van der Waals surface area contributed by atoms with Crippen LogP contribution in [0.3, 0.4) is 0 Å². The van der Waals surface area contributed by atoms with Gasteiger partial charge in [-0.05, 0) is 12.8 Å². The topological polar surface area (TPSA) is 29.9 Å². The van der Waals surface area contributed by atoms with Crippen LogP contribution in [-0.4, -0.2) is 16.3 Å². The zero-order chi connectivity index (χ0) is 8.84. The molecule has 1 aliphatic carbocycles. The second kappa shape index (κ2) is 2.58. The third kappa shape index (κ3) is 1.10. The molecular weight excluding hydrogens is 162 g/mol. The Morgan fingerprint density at radius 2 is 2.31 bits per heavy atom. The minimum absolute atomic E-state index is 0.821. The fourth-order valence-electron chi connectivity index (χ4n) is 2.32. The molecule has 1 aromatic rings. The molecule has 0 unspecified atom stereocenters. The maximum Gasteiger partial charge on any atom is 0.0685 e. The van der Waals surface area contributed by atoms with E-state index in [0.717, 1.165) is 25.4 Å². The van der Waals surface area contributed by atoms with Crippen molar-refractivity contribution in [2.45, 2.75) is 31.7 Å². The first kappa shape index (κ1) is 7.56. The van der Waals surface area contributed by atoms with Crippen molar-refractivity contribution in [3.8, 4) is 0 Å². The number of nitrogens with zero attached hydrogens (tertiary/aromatic N) is 2. The van der Waals surface area contributed by atoms with Crippen LogP contribution in [-0.2, 0) is 20.0 Å². The van der Waals surface area contributed by atoms with Gasteiger partial charge < -0.3 is 5.32 Å². The van der Waals surface area contributed by atoms with Crippen molar-refractivity contribution < 1.29 is 0 Å². The Kier molecular flexibility index (Phi) is 1.50. The summed E-state index contributed by atoms with van der Waals surface area (Å²) in [6.45, 7) is 2.13. The number of aromatic nitrogens is 2. The Morgan fingerprint density at radius 1 is 1.46 bits per heavy atom. The van der Waals surface area contributed by atoms with Gasteiger partial charge in [0, 0.05) is 43.7 Å². The summed E-state index contributed by atoms with van der Waals surface area (Å²) in [4.78, 5) is 0. The molecule has 3 heteroatoms. The summed E-state index contributed by atoms with van der Waals surface area (Å²) in [6, 6.07) is 0. The van der Waals surface area contributed by atoms with E-state index in [2.05, 4.69) is 22.1 Å². The number of nitrogens with one attached hydrogen (secondary N) is 1. The van der Waals surface area contributed by atoms with Crippen LogP contribution < -0.4 is 5.32 Å². The lowest BCUT2D eigenvalue weighted by molar-refractivity contribution is 0.632. The minimum atomic E-state index is 0.821. The van der Waals surface area contributed by atoms with E-state index in [1.54, 1.807) is 0 Å². The fraction of sp³-hybridized carbons (Fsp3) is 0.700. The third-order valence-corrected chi connectivity index (χ3v) is 3.08. The average Bonchev–Trinajstić information content (AvgIpc) is 2.88. The van der Waals surface area contributed by atoms with E-state index >= 15 is 0 Å².